The third-order valence-corrected chi connectivity index (χ3v) is 10.5. The Morgan fingerprint density at radius 3 is 1.48 bits per heavy atom. The summed E-state index contributed by atoms with van der Waals surface area (Å²) in [5, 5.41) is 26.9. The molecular formula is C47H34N16. The molecule has 0 bridgehead atoms. The first-order valence-electron chi connectivity index (χ1n) is 19.9. The Labute approximate surface area is 355 Å². The minimum absolute atomic E-state index is 0.860. The van der Waals surface area contributed by atoms with Gasteiger partial charge >= 0.3 is 0 Å². The van der Waals surface area contributed by atoms with Crippen LogP contribution >= 0.6 is 0 Å². The van der Waals surface area contributed by atoms with Crippen LogP contribution in [0.1, 0.15) is 0 Å². The quantitative estimate of drug-likeness (QED) is 0.0899. The van der Waals surface area contributed by atoms with Crippen LogP contribution in [0.4, 0.5) is 0 Å². The van der Waals surface area contributed by atoms with Gasteiger partial charge in [-0.15, -0.1) is 0 Å². The van der Waals surface area contributed by atoms with Crippen LogP contribution in [0, 0.1) is 0 Å². The van der Waals surface area contributed by atoms with Gasteiger partial charge in [0.25, 0.3) is 0 Å². The minimum atomic E-state index is 0.860. The van der Waals surface area contributed by atoms with E-state index in [0.717, 1.165) is 111 Å². The van der Waals surface area contributed by atoms with E-state index in [1.807, 2.05) is 104 Å². The highest BCUT2D eigenvalue weighted by Gasteiger charge is 2.11. The lowest BCUT2D eigenvalue weighted by molar-refractivity contribution is 0.959. The van der Waals surface area contributed by atoms with Crippen LogP contribution in [-0.4, -0.2) is 80.7 Å². The highest BCUT2D eigenvalue weighted by atomic mass is 15.3. The van der Waals surface area contributed by atoms with E-state index < -0.39 is 0 Å². The third kappa shape index (κ3) is 7.46. The Kier molecular flexibility index (Phi) is 9.35. The number of rotatable bonds is 3. The summed E-state index contributed by atoms with van der Waals surface area (Å²) in [6, 6.07) is 38.1. The molecule has 0 aliphatic heterocycles. The molecule has 16 heteroatoms. The standard InChI is InChI=1S/2C14H10N4.C13H9N5.C6H5N3/c1-3-16-8-14-9(1)5-12(18-14)13-6-10-7-15-4-2-11(10)17-13;1-2-10-7-12(18-14(10)16-4-1)11-6-9-3-5-15-8-13(9)17-11;1-4-9(12-10(5-1)16-18-17-12)11-7-8-3-2-6-14-13(8)15-11;1-2-4-6-5(3-1)7-9-8-6/h1-8,17-18H;1-8,17H,(H,16,18);1-7H,(H,14,15)(H,16,17,18);1-4H,(H,7,8,9). The summed E-state index contributed by atoms with van der Waals surface area (Å²) in [6.45, 7) is 0. The zero-order valence-corrected chi connectivity index (χ0v) is 33.1. The lowest BCUT2D eigenvalue weighted by Gasteiger charge is -1.97. The summed E-state index contributed by atoms with van der Waals surface area (Å²) in [5.41, 5.74) is 14.8. The molecule has 0 fully saturated rings. The van der Waals surface area contributed by atoms with Gasteiger partial charge in [0.2, 0.25) is 0 Å². The number of fused-ring (bicyclic) bond motifs is 7. The first-order chi connectivity index (χ1) is 31.2. The zero-order chi connectivity index (χ0) is 42.0. The summed E-state index contributed by atoms with van der Waals surface area (Å²) < 4.78 is 0. The van der Waals surface area contributed by atoms with Gasteiger partial charge in [-0.3, -0.25) is 15.0 Å². The van der Waals surface area contributed by atoms with E-state index in [0.29, 0.717) is 0 Å². The normalized spacial score (nSPS) is 11.2. The molecule has 0 aliphatic carbocycles. The smallest absolute Gasteiger partial charge is 0.137 e. The molecule has 16 nitrogen and oxygen atoms in total. The Bertz CT molecular complexity index is 3320. The van der Waals surface area contributed by atoms with Crippen LogP contribution in [0.15, 0.2) is 165 Å². The van der Waals surface area contributed by atoms with Crippen molar-refractivity contribution in [3.05, 3.63) is 165 Å². The van der Waals surface area contributed by atoms with Crippen molar-refractivity contribution in [3.8, 4) is 34.0 Å². The highest BCUT2D eigenvalue weighted by Crippen LogP contribution is 2.29. The van der Waals surface area contributed by atoms with Gasteiger partial charge in [0.05, 0.1) is 46.2 Å². The molecular weight excluding hydrogens is 789 g/mol. The van der Waals surface area contributed by atoms with Crippen LogP contribution in [0.3, 0.4) is 0 Å². The Hall–Kier alpha value is -9.31. The molecule has 14 aromatic rings. The van der Waals surface area contributed by atoms with Crippen molar-refractivity contribution in [2.24, 2.45) is 0 Å². The number of aromatic amines is 7. The summed E-state index contributed by atoms with van der Waals surface area (Å²) in [4.78, 5) is 37.6. The number of hydrogen-bond donors (Lipinski definition) is 7. The average molecular weight is 823 g/mol. The number of nitrogens with one attached hydrogen (secondary N) is 7. The molecule has 0 saturated carbocycles. The van der Waals surface area contributed by atoms with Gasteiger partial charge in [0.15, 0.2) is 0 Å². The molecule has 0 radical (unpaired) electrons. The van der Waals surface area contributed by atoms with E-state index in [1.54, 1.807) is 31.0 Å². The van der Waals surface area contributed by atoms with Crippen molar-refractivity contribution < 1.29 is 0 Å². The Morgan fingerprint density at radius 1 is 0.333 bits per heavy atom. The largest absolute Gasteiger partial charge is 0.353 e. The lowest BCUT2D eigenvalue weighted by atomic mass is 10.1. The average Bonchev–Trinajstić information content (AvgIpc) is 4.20. The fourth-order valence-corrected chi connectivity index (χ4v) is 7.43. The van der Waals surface area contributed by atoms with Crippen molar-refractivity contribution in [3.63, 3.8) is 0 Å². The third-order valence-electron chi connectivity index (χ3n) is 10.5. The molecule has 0 amide bonds. The van der Waals surface area contributed by atoms with Crippen molar-refractivity contribution in [2.75, 3.05) is 0 Å². The second-order valence-electron chi connectivity index (χ2n) is 14.5. The fourth-order valence-electron chi connectivity index (χ4n) is 7.43. The maximum Gasteiger partial charge on any atom is 0.137 e. The van der Waals surface area contributed by atoms with E-state index in [-0.39, 0.29) is 0 Å². The Morgan fingerprint density at radius 2 is 0.841 bits per heavy atom. The minimum Gasteiger partial charge on any atom is -0.353 e. The molecule has 0 spiro atoms. The predicted molar refractivity (Wildman–Crippen MR) is 245 cm³/mol. The molecule has 12 aromatic heterocycles. The first-order valence-corrected chi connectivity index (χ1v) is 19.9. The van der Waals surface area contributed by atoms with E-state index in [9.17, 15) is 0 Å². The monoisotopic (exact) mass is 822 g/mol. The van der Waals surface area contributed by atoms with Crippen molar-refractivity contribution >= 4 is 76.8 Å². The maximum atomic E-state index is 4.30. The van der Waals surface area contributed by atoms with Gasteiger partial charge in [-0.05, 0) is 91.0 Å². The molecule has 14 rings (SSSR count). The van der Waals surface area contributed by atoms with E-state index in [4.69, 9.17) is 0 Å². The van der Waals surface area contributed by atoms with Crippen molar-refractivity contribution in [2.45, 2.75) is 0 Å². The molecule has 0 unspecified atom stereocenters. The highest BCUT2D eigenvalue weighted by molar-refractivity contribution is 5.94. The van der Waals surface area contributed by atoms with E-state index >= 15 is 0 Å². The zero-order valence-electron chi connectivity index (χ0n) is 33.1. The Balaban J connectivity index is 0.0000000964. The first kappa shape index (κ1) is 36.7. The second kappa shape index (κ2) is 16.0. The molecule has 7 N–H and O–H groups in total. The van der Waals surface area contributed by atoms with Gasteiger partial charge < -0.3 is 24.9 Å². The topological polar surface area (TPSA) is 227 Å². The molecule has 0 aliphatic rings. The van der Waals surface area contributed by atoms with Crippen LogP contribution in [-0.2, 0) is 0 Å². The number of para-hydroxylation sites is 3. The number of nitrogens with zero attached hydrogens (tertiary/aromatic N) is 9. The molecule has 0 saturated heterocycles. The molecule has 63 heavy (non-hydrogen) atoms. The van der Waals surface area contributed by atoms with Crippen LogP contribution in [0.5, 0.6) is 0 Å². The summed E-state index contributed by atoms with van der Waals surface area (Å²) in [6.07, 6.45) is 14.5. The van der Waals surface area contributed by atoms with Crippen molar-refractivity contribution in [1.29, 1.82) is 0 Å². The van der Waals surface area contributed by atoms with Crippen molar-refractivity contribution in [1.82, 2.24) is 80.7 Å². The molecule has 302 valence electrons. The lowest BCUT2D eigenvalue weighted by Crippen LogP contribution is -1.80. The van der Waals surface area contributed by atoms with Crippen LogP contribution in [0.2, 0.25) is 0 Å². The van der Waals surface area contributed by atoms with Gasteiger partial charge in [-0.1, -0.05) is 24.3 Å². The van der Waals surface area contributed by atoms with Gasteiger partial charge in [-0.2, -0.15) is 30.8 Å². The van der Waals surface area contributed by atoms with Crippen LogP contribution in [0.25, 0.3) is 111 Å². The van der Waals surface area contributed by atoms with E-state index in [1.165, 1.54) is 0 Å². The predicted octanol–water partition coefficient (Wildman–Crippen LogP) is 9.67. The van der Waals surface area contributed by atoms with Crippen LogP contribution < -0.4 is 0 Å². The van der Waals surface area contributed by atoms with Gasteiger partial charge in [-0.25, -0.2) is 9.97 Å². The number of pyridine rings is 5. The van der Waals surface area contributed by atoms with Gasteiger partial charge in [0.1, 0.15) is 33.4 Å². The molecule has 12 heterocycles. The number of aromatic nitrogens is 16. The maximum absolute atomic E-state index is 4.30. The van der Waals surface area contributed by atoms with Gasteiger partial charge in [0, 0.05) is 80.9 Å². The number of benzene rings is 2. The van der Waals surface area contributed by atoms with E-state index in [2.05, 4.69) is 111 Å². The summed E-state index contributed by atoms with van der Waals surface area (Å²) in [7, 11) is 0. The summed E-state index contributed by atoms with van der Waals surface area (Å²) in [5.74, 6) is 0. The number of hydrogen-bond acceptors (Lipinski definition) is 9. The fraction of sp³-hybridized carbons (Fsp3) is 0. The SMILES string of the molecule is c1cc2[nH]c(-c3cc4ccncc4[nH]3)cc2cn1.c1ccc2n[nH]nc2c1.c1cnc2[nH]c(-c3cc4ccncc4[nH]3)cc2c1.c1cnc2[nH]c(-c3cccc4n[nH]nc34)cc2c1. The number of H-pyrrole nitrogens is 7. The molecule has 0 atom stereocenters. The summed E-state index contributed by atoms with van der Waals surface area (Å²) >= 11 is 0. The molecule has 2 aromatic carbocycles. The second-order valence-corrected chi connectivity index (χ2v) is 14.5.